The van der Waals surface area contributed by atoms with Crippen molar-refractivity contribution in [1.29, 1.82) is 0 Å². The molecule has 3 saturated heterocycles. The summed E-state index contributed by atoms with van der Waals surface area (Å²) in [5.41, 5.74) is 10.00. The van der Waals surface area contributed by atoms with E-state index in [1.165, 1.54) is 5.56 Å². The molecule has 5 heterocycles. The largest absolute Gasteiger partial charge is 0.399 e. The van der Waals surface area contributed by atoms with Gasteiger partial charge in [-0.3, -0.25) is 4.90 Å². The first-order valence-corrected chi connectivity index (χ1v) is 12.7. The number of rotatable bonds is 4. The number of piperazine rings is 1. The van der Waals surface area contributed by atoms with E-state index in [1.807, 2.05) is 28.8 Å². The number of anilines is 2. The lowest BCUT2D eigenvalue weighted by Gasteiger charge is -2.33. The minimum atomic E-state index is -0.750. The van der Waals surface area contributed by atoms with Gasteiger partial charge >= 0.3 is 11.6 Å². The lowest BCUT2D eigenvalue weighted by Crippen LogP contribution is -2.43. The van der Waals surface area contributed by atoms with Crippen LogP contribution in [0.2, 0.25) is 0 Å². The molecule has 0 aliphatic carbocycles. The highest BCUT2D eigenvalue weighted by Gasteiger charge is 2.35. The second-order valence-corrected chi connectivity index (χ2v) is 9.71. The average molecular weight is 498 g/mol. The summed E-state index contributed by atoms with van der Waals surface area (Å²) < 4.78 is 24.7. The Morgan fingerprint density at radius 3 is 2.37 bits per heavy atom. The van der Waals surface area contributed by atoms with Crippen LogP contribution in [0.25, 0.3) is 16.9 Å². The number of hydrogen-bond acceptors (Lipinski definition) is 9. The third-order valence-corrected chi connectivity index (χ3v) is 7.01. The summed E-state index contributed by atoms with van der Waals surface area (Å²) in [6.07, 6.45) is 5.08. The van der Waals surface area contributed by atoms with Crippen LogP contribution >= 0.6 is 0 Å². The maximum Gasteiger partial charge on any atom is 0.335 e. The number of nitrogens with two attached hydrogens (primary N) is 1. The van der Waals surface area contributed by atoms with E-state index >= 15 is 0 Å². The maximum atomic E-state index is 8.29. The van der Waals surface area contributed by atoms with Crippen molar-refractivity contribution in [3.05, 3.63) is 42.1 Å². The van der Waals surface area contributed by atoms with Crippen molar-refractivity contribution in [2.45, 2.75) is 31.6 Å². The Balaban J connectivity index is 0.000000806. The van der Waals surface area contributed by atoms with Gasteiger partial charge in [-0.05, 0) is 55.8 Å². The van der Waals surface area contributed by atoms with Crippen molar-refractivity contribution < 1.29 is 13.2 Å². The lowest BCUT2D eigenvalue weighted by molar-refractivity contribution is 0.0303. The van der Waals surface area contributed by atoms with E-state index in [1.54, 1.807) is 0 Å². The minimum absolute atomic E-state index is 0.309. The molecule has 11 heteroatoms. The van der Waals surface area contributed by atoms with Crippen LogP contribution in [0.3, 0.4) is 0 Å². The van der Waals surface area contributed by atoms with Crippen LogP contribution in [0.4, 0.5) is 11.5 Å². The molecule has 2 bridgehead atoms. The Labute approximate surface area is 208 Å². The van der Waals surface area contributed by atoms with Gasteiger partial charge in [-0.2, -0.15) is 8.42 Å². The SMILES string of the molecule is CN1CCN(Cc2cc3c(N4CC5CCC(C4)O5)nc(-c4ccc(N)cc4)nn3c2)CC1.O=S=O. The van der Waals surface area contributed by atoms with Crippen molar-refractivity contribution in [2.75, 3.05) is 56.9 Å². The van der Waals surface area contributed by atoms with Crippen LogP contribution in [-0.4, -0.2) is 91.3 Å². The summed E-state index contributed by atoms with van der Waals surface area (Å²) >= 11 is -0.750. The van der Waals surface area contributed by atoms with Crippen molar-refractivity contribution in [3.63, 3.8) is 0 Å². The standard InChI is InChI=1S/C24H31N7O.O2S/c1-28-8-10-29(11-9-28)13-17-12-22-24(30-15-20-6-7-21(16-30)32-20)26-23(27-31(22)14-17)18-2-4-19(25)5-3-18;1-3-2/h2-5,12,14,20-21H,6-11,13,15-16,25H2,1H3;. The van der Waals surface area contributed by atoms with Gasteiger partial charge in [0.15, 0.2) is 11.6 Å². The van der Waals surface area contributed by atoms with E-state index in [2.05, 4.69) is 34.0 Å². The Kier molecular flexibility index (Phi) is 7.09. The van der Waals surface area contributed by atoms with E-state index in [-0.39, 0.29) is 0 Å². The molecule has 2 atom stereocenters. The van der Waals surface area contributed by atoms with Gasteiger partial charge in [-0.25, -0.2) is 9.50 Å². The van der Waals surface area contributed by atoms with Gasteiger partial charge in [0.25, 0.3) is 0 Å². The monoisotopic (exact) mass is 497 g/mol. The quantitative estimate of drug-likeness (QED) is 0.535. The van der Waals surface area contributed by atoms with Crippen molar-refractivity contribution in [1.82, 2.24) is 24.4 Å². The predicted octanol–water partition coefficient (Wildman–Crippen LogP) is 1.42. The first-order chi connectivity index (χ1) is 17.0. The molecule has 6 rings (SSSR count). The zero-order chi connectivity index (χ0) is 24.4. The zero-order valence-corrected chi connectivity index (χ0v) is 20.7. The number of aromatic nitrogens is 3. The van der Waals surface area contributed by atoms with Crippen LogP contribution in [0.15, 0.2) is 36.5 Å². The number of nitrogen functional groups attached to an aromatic ring is 1. The predicted molar refractivity (Wildman–Crippen MR) is 135 cm³/mol. The third-order valence-electron chi connectivity index (χ3n) is 7.01. The molecule has 10 nitrogen and oxygen atoms in total. The van der Waals surface area contributed by atoms with Crippen LogP contribution in [0.1, 0.15) is 18.4 Å². The molecule has 186 valence electrons. The number of hydrogen-bond donors (Lipinski definition) is 1. The minimum Gasteiger partial charge on any atom is -0.399 e. The van der Waals surface area contributed by atoms with E-state index in [9.17, 15) is 0 Å². The van der Waals surface area contributed by atoms with E-state index in [4.69, 9.17) is 29.0 Å². The molecule has 1 aromatic carbocycles. The number of morpholine rings is 1. The average Bonchev–Trinajstić information content (AvgIpc) is 3.42. The molecule has 0 radical (unpaired) electrons. The summed E-state index contributed by atoms with van der Waals surface area (Å²) in [7, 11) is 2.19. The third kappa shape index (κ3) is 5.37. The molecule has 0 amide bonds. The summed E-state index contributed by atoms with van der Waals surface area (Å²) in [6, 6.07) is 10.1. The summed E-state index contributed by atoms with van der Waals surface area (Å²) in [4.78, 5) is 12.4. The summed E-state index contributed by atoms with van der Waals surface area (Å²) in [5.74, 6) is 1.74. The first kappa shape index (κ1) is 23.9. The van der Waals surface area contributed by atoms with Crippen LogP contribution < -0.4 is 10.6 Å². The topological polar surface area (TPSA) is 109 Å². The zero-order valence-electron chi connectivity index (χ0n) is 19.9. The fourth-order valence-electron chi connectivity index (χ4n) is 5.16. The smallest absolute Gasteiger partial charge is 0.335 e. The highest BCUT2D eigenvalue weighted by atomic mass is 32.1. The fourth-order valence-corrected chi connectivity index (χ4v) is 5.16. The van der Waals surface area contributed by atoms with Crippen molar-refractivity contribution in [3.8, 4) is 11.4 Å². The molecular formula is C24H31N7O3S. The Bertz CT molecular complexity index is 1190. The normalized spacial score (nSPS) is 22.7. The molecule has 2 N–H and O–H groups in total. The van der Waals surface area contributed by atoms with E-state index in [0.29, 0.717) is 12.2 Å². The number of ether oxygens (including phenoxy) is 1. The van der Waals surface area contributed by atoms with Gasteiger partial charge in [0, 0.05) is 63.3 Å². The molecule has 0 saturated carbocycles. The van der Waals surface area contributed by atoms with Gasteiger partial charge in [0.1, 0.15) is 5.52 Å². The van der Waals surface area contributed by atoms with E-state index < -0.39 is 11.6 Å². The van der Waals surface area contributed by atoms with Crippen LogP contribution in [0.5, 0.6) is 0 Å². The number of likely N-dealkylation sites (N-methyl/N-ethyl adjacent to an activating group) is 1. The molecule has 3 fully saturated rings. The van der Waals surface area contributed by atoms with Crippen LogP contribution in [-0.2, 0) is 22.9 Å². The molecule has 35 heavy (non-hydrogen) atoms. The second kappa shape index (κ2) is 10.4. The summed E-state index contributed by atoms with van der Waals surface area (Å²) in [6.45, 7) is 7.18. The first-order valence-electron chi connectivity index (χ1n) is 12.0. The second-order valence-electron chi connectivity index (χ2n) is 9.57. The molecular weight excluding hydrogens is 466 g/mol. The highest BCUT2D eigenvalue weighted by Crippen LogP contribution is 2.32. The van der Waals surface area contributed by atoms with E-state index in [0.717, 1.165) is 87.1 Å². The van der Waals surface area contributed by atoms with Crippen LogP contribution in [0, 0.1) is 0 Å². The molecule has 3 aliphatic heterocycles. The van der Waals surface area contributed by atoms with Gasteiger partial charge in [0.05, 0.1) is 12.2 Å². The fraction of sp³-hybridized carbons (Fsp3) is 0.500. The van der Waals surface area contributed by atoms with Crippen molar-refractivity contribution in [2.24, 2.45) is 0 Å². The number of benzene rings is 1. The molecule has 3 aromatic rings. The van der Waals surface area contributed by atoms with Gasteiger partial charge in [-0.1, -0.05) is 0 Å². The van der Waals surface area contributed by atoms with Gasteiger partial charge in [-0.15, -0.1) is 5.10 Å². The number of nitrogens with zero attached hydrogens (tertiary/aromatic N) is 6. The Hall–Kier alpha value is -2.86. The Morgan fingerprint density at radius 1 is 1.06 bits per heavy atom. The van der Waals surface area contributed by atoms with Gasteiger partial charge < -0.3 is 20.3 Å². The molecule has 2 aromatic heterocycles. The lowest BCUT2D eigenvalue weighted by atomic mass is 10.2. The maximum absolute atomic E-state index is 8.29. The molecule has 2 unspecified atom stereocenters. The Morgan fingerprint density at radius 2 is 1.71 bits per heavy atom. The number of fused-ring (bicyclic) bond motifs is 3. The highest BCUT2D eigenvalue weighted by molar-refractivity contribution is 7.51. The molecule has 3 aliphatic rings. The van der Waals surface area contributed by atoms with Crippen molar-refractivity contribution >= 4 is 28.6 Å². The van der Waals surface area contributed by atoms with Gasteiger partial charge in [0.2, 0.25) is 0 Å². The summed E-state index contributed by atoms with van der Waals surface area (Å²) in [5, 5.41) is 4.89. The molecule has 0 spiro atoms.